The molecule has 1 aliphatic carbocycles. The molecule has 0 aromatic carbocycles. The number of hydrogen-bond acceptors (Lipinski definition) is 2. The van der Waals surface area contributed by atoms with Crippen molar-refractivity contribution in [1.29, 1.82) is 0 Å². The fourth-order valence-corrected chi connectivity index (χ4v) is 5.88. The quantitative estimate of drug-likeness (QED) is 0.545. The van der Waals surface area contributed by atoms with E-state index in [9.17, 15) is 0 Å². The first-order valence-corrected chi connectivity index (χ1v) is 11.3. The molecule has 1 fully saturated rings. The van der Waals surface area contributed by atoms with Crippen molar-refractivity contribution in [2.45, 2.75) is 56.0 Å². The molecular weight excluding hydrogens is 280 g/mol. The highest BCUT2D eigenvalue weighted by atomic mass is 35.5. The number of halogens is 1. The molecular formula is C14H23ClOSSi. The number of hydrogen-bond donors (Lipinski definition) is 0. The van der Waals surface area contributed by atoms with Gasteiger partial charge in [-0.3, -0.25) is 0 Å². The van der Waals surface area contributed by atoms with E-state index in [1.54, 1.807) is 0 Å². The van der Waals surface area contributed by atoms with E-state index in [2.05, 4.69) is 45.6 Å². The molecule has 1 heterocycles. The van der Waals surface area contributed by atoms with Gasteiger partial charge < -0.3 is 4.43 Å². The molecule has 18 heavy (non-hydrogen) atoms. The number of allylic oxidation sites excluding steroid dienone is 3. The lowest BCUT2D eigenvalue weighted by Crippen LogP contribution is -2.49. The molecule has 0 N–H and O–H groups in total. The van der Waals surface area contributed by atoms with Gasteiger partial charge in [0.15, 0.2) is 8.32 Å². The Morgan fingerprint density at radius 2 is 2.06 bits per heavy atom. The van der Waals surface area contributed by atoms with Crippen LogP contribution in [0.15, 0.2) is 23.3 Å². The second-order valence-corrected chi connectivity index (χ2v) is 12.9. The van der Waals surface area contributed by atoms with Crippen molar-refractivity contribution in [3.05, 3.63) is 23.3 Å². The lowest BCUT2D eigenvalue weighted by molar-refractivity contribution is 0.0431. The van der Waals surface area contributed by atoms with Crippen LogP contribution < -0.4 is 0 Å². The summed E-state index contributed by atoms with van der Waals surface area (Å²) in [6.45, 7) is 11.4. The van der Waals surface area contributed by atoms with Gasteiger partial charge in [-0.1, -0.05) is 30.7 Å². The smallest absolute Gasteiger partial charge is 0.184 e. The van der Waals surface area contributed by atoms with E-state index in [1.807, 2.05) is 17.8 Å². The molecule has 0 bridgehead atoms. The van der Waals surface area contributed by atoms with Crippen LogP contribution in [0.4, 0.5) is 0 Å². The molecule has 0 saturated carbocycles. The maximum atomic E-state index is 6.59. The van der Waals surface area contributed by atoms with Gasteiger partial charge in [-0.25, -0.2) is 0 Å². The first kappa shape index (κ1) is 14.7. The van der Waals surface area contributed by atoms with E-state index in [0.717, 1.165) is 11.5 Å². The second-order valence-electron chi connectivity index (χ2n) is 6.47. The van der Waals surface area contributed by atoms with Crippen LogP contribution in [-0.4, -0.2) is 24.4 Å². The summed E-state index contributed by atoms with van der Waals surface area (Å²) < 4.78 is 6.59. The minimum Gasteiger partial charge on any atom is -0.411 e. The normalized spacial score (nSPS) is 35.0. The molecule has 0 radical (unpaired) electrons. The van der Waals surface area contributed by atoms with Gasteiger partial charge in [-0.2, -0.15) is 11.8 Å². The van der Waals surface area contributed by atoms with E-state index in [-0.39, 0.29) is 5.60 Å². The van der Waals surface area contributed by atoms with Crippen molar-refractivity contribution >= 4 is 31.7 Å². The summed E-state index contributed by atoms with van der Waals surface area (Å²) in [5, 5.41) is 2.28. The van der Waals surface area contributed by atoms with Crippen molar-refractivity contribution in [3.8, 4) is 0 Å². The van der Waals surface area contributed by atoms with Gasteiger partial charge in [0, 0.05) is 21.5 Å². The Morgan fingerprint density at radius 1 is 1.44 bits per heavy atom. The first-order chi connectivity index (χ1) is 8.22. The zero-order chi connectivity index (χ0) is 13.6. The molecule has 102 valence electrons. The van der Waals surface area contributed by atoms with Crippen LogP contribution >= 0.6 is 23.4 Å². The molecule has 4 heteroatoms. The molecule has 3 unspecified atom stereocenters. The fraction of sp³-hybridized carbons (Fsp3) is 0.714. The minimum atomic E-state index is -1.56. The molecule has 0 aromatic rings. The average molecular weight is 303 g/mol. The van der Waals surface area contributed by atoms with Crippen molar-refractivity contribution in [1.82, 2.24) is 0 Å². The van der Waals surface area contributed by atoms with Gasteiger partial charge in [-0.05, 0) is 39.1 Å². The van der Waals surface area contributed by atoms with Crippen LogP contribution in [0, 0.1) is 5.92 Å². The summed E-state index contributed by atoms with van der Waals surface area (Å²) in [7, 11) is -1.56. The summed E-state index contributed by atoms with van der Waals surface area (Å²) >= 11 is 8.24. The third-order valence-electron chi connectivity index (χ3n) is 3.57. The zero-order valence-corrected chi connectivity index (χ0v) is 14.4. The Balaban J connectivity index is 2.20. The molecule has 0 spiro atoms. The Bertz CT molecular complexity index is 388. The molecule has 2 rings (SSSR count). The highest BCUT2D eigenvalue weighted by molar-refractivity contribution is 8.07. The largest absolute Gasteiger partial charge is 0.411 e. The highest BCUT2D eigenvalue weighted by Gasteiger charge is 2.54. The Kier molecular flexibility index (Phi) is 4.09. The predicted molar refractivity (Wildman–Crippen MR) is 84.9 cm³/mol. The minimum absolute atomic E-state index is 0.0700. The second kappa shape index (κ2) is 5.00. The maximum Gasteiger partial charge on any atom is 0.184 e. The average Bonchev–Trinajstić information content (AvgIpc) is 2.93. The maximum absolute atomic E-state index is 6.59. The van der Waals surface area contributed by atoms with E-state index in [4.69, 9.17) is 16.0 Å². The monoisotopic (exact) mass is 302 g/mol. The number of rotatable bonds is 4. The third kappa shape index (κ3) is 3.24. The molecule has 1 nitrogen and oxygen atoms in total. The van der Waals surface area contributed by atoms with E-state index >= 15 is 0 Å². The molecule has 1 saturated heterocycles. The van der Waals surface area contributed by atoms with Gasteiger partial charge in [-0.15, -0.1) is 0 Å². The van der Waals surface area contributed by atoms with Crippen LogP contribution in [0.3, 0.4) is 0 Å². The van der Waals surface area contributed by atoms with Crippen molar-refractivity contribution in [2.75, 3.05) is 0 Å². The lowest BCUT2D eigenvalue weighted by Gasteiger charge is -2.42. The summed E-state index contributed by atoms with van der Waals surface area (Å²) in [5.74, 6) is 0.407. The SMILES string of the molecule is CC1S[C@H]1C(C)(O[Si](C)(C)C)C1C=CC=C(Cl)C1. The van der Waals surface area contributed by atoms with Gasteiger partial charge in [0.25, 0.3) is 0 Å². The Hall–Kier alpha value is 0.297. The molecule has 4 atom stereocenters. The highest BCUT2D eigenvalue weighted by Crippen LogP contribution is 2.54. The Morgan fingerprint density at radius 3 is 2.50 bits per heavy atom. The summed E-state index contributed by atoms with van der Waals surface area (Å²) in [6, 6.07) is 0. The number of thioether (sulfide) groups is 1. The van der Waals surface area contributed by atoms with Crippen LogP contribution in [0.5, 0.6) is 0 Å². The molecule has 0 aromatic heterocycles. The molecule has 2 aliphatic rings. The fourth-order valence-electron chi connectivity index (χ4n) is 2.83. The lowest BCUT2D eigenvalue weighted by atomic mass is 9.81. The van der Waals surface area contributed by atoms with Crippen LogP contribution in [0.2, 0.25) is 19.6 Å². The van der Waals surface area contributed by atoms with Crippen LogP contribution in [0.1, 0.15) is 20.3 Å². The van der Waals surface area contributed by atoms with E-state index in [1.165, 1.54) is 0 Å². The van der Waals surface area contributed by atoms with E-state index in [0.29, 0.717) is 16.4 Å². The molecule has 1 aliphatic heterocycles. The van der Waals surface area contributed by atoms with Gasteiger partial charge >= 0.3 is 0 Å². The summed E-state index contributed by atoms with van der Waals surface area (Å²) in [6.07, 6.45) is 7.27. The van der Waals surface area contributed by atoms with Crippen molar-refractivity contribution in [3.63, 3.8) is 0 Å². The van der Waals surface area contributed by atoms with Gasteiger partial charge in [0.1, 0.15) is 0 Å². The van der Waals surface area contributed by atoms with Crippen LogP contribution in [0.25, 0.3) is 0 Å². The molecule has 0 amide bonds. The third-order valence-corrected chi connectivity index (χ3v) is 6.46. The zero-order valence-electron chi connectivity index (χ0n) is 11.9. The van der Waals surface area contributed by atoms with Crippen molar-refractivity contribution < 1.29 is 4.43 Å². The summed E-state index contributed by atoms with van der Waals surface area (Å²) in [4.78, 5) is 0. The van der Waals surface area contributed by atoms with Gasteiger partial charge in [0.2, 0.25) is 0 Å². The first-order valence-electron chi connectivity index (χ1n) is 6.61. The van der Waals surface area contributed by atoms with Gasteiger partial charge in [0.05, 0.1) is 5.60 Å². The van der Waals surface area contributed by atoms with Crippen LogP contribution in [-0.2, 0) is 4.43 Å². The topological polar surface area (TPSA) is 9.23 Å². The standard InChI is InChI=1S/C14H23ClOSSi/c1-10-13(17-10)14(2,16-18(3,4)5)11-7-6-8-12(15)9-11/h6-8,10-11,13H,9H2,1-5H3/t10?,11?,13-,14?/m1/s1. The Labute approximate surface area is 121 Å². The van der Waals surface area contributed by atoms with Crippen molar-refractivity contribution in [2.24, 2.45) is 5.92 Å². The van der Waals surface area contributed by atoms with E-state index < -0.39 is 8.32 Å². The predicted octanol–water partition coefficient (Wildman–Crippen LogP) is 4.80. The summed E-state index contributed by atoms with van der Waals surface area (Å²) in [5.41, 5.74) is -0.0700.